The van der Waals surface area contributed by atoms with E-state index in [1.165, 1.54) is 63.4 Å². The van der Waals surface area contributed by atoms with Crippen molar-refractivity contribution < 1.29 is 5.11 Å². The molecule has 0 saturated heterocycles. The average molecular weight is 413 g/mol. The number of hydrogen-bond donors (Lipinski definition) is 1. The molecule has 1 N–H and O–H groups in total. The number of aliphatic hydroxyl groups excluding tert-OH is 1. The smallest absolute Gasteiger partial charge is 0.0594 e. The van der Waals surface area contributed by atoms with Crippen LogP contribution in [0.1, 0.15) is 106 Å². The number of rotatable bonds is 1. The molecule has 5 aliphatic rings. The molecular formula is C29H48O. The SMILES string of the molecule is C=C(C)[C@H]1CC[C@]2(C)CC[C@@]3(C)[C@H](CC[C@H]4[C@@H]5CC[C@@H](O)C(C)(C)[C@@H]5CC[C@]43C)[C@H]12. The third-order valence-corrected chi connectivity index (χ3v) is 12.9. The minimum atomic E-state index is -0.0970. The molecule has 1 nitrogen and oxygen atoms in total. The van der Waals surface area contributed by atoms with Gasteiger partial charge in [-0.1, -0.05) is 46.8 Å². The number of allylic oxidation sites excluding steroid dienone is 1. The topological polar surface area (TPSA) is 20.2 Å². The molecular weight excluding hydrogens is 364 g/mol. The lowest BCUT2D eigenvalue weighted by atomic mass is 9.35. The zero-order valence-corrected chi connectivity index (χ0v) is 20.8. The van der Waals surface area contributed by atoms with Crippen LogP contribution in [-0.4, -0.2) is 11.2 Å². The molecule has 5 fully saturated rings. The molecule has 30 heavy (non-hydrogen) atoms. The number of hydrogen-bond acceptors (Lipinski definition) is 1. The van der Waals surface area contributed by atoms with Gasteiger partial charge in [0.2, 0.25) is 0 Å². The molecule has 0 aliphatic heterocycles. The van der Waals surface area contributed by atoms with Crippen LogP contribution in [0.15, 0.2) is 12.2 Å². The van der Waals surface area contributed by atoms with E-state index in [9.17, 15) is 5.11 Å². The third-order valence-electron chi connectivity index (χ3n) is 12.9. The predicted octanol–water partition coefficient (Wildman–Crippen LogP) is 7.63. The second-order valence-corrected chi connectivity index (χ2v) is 14.0. The van der Waals surface area contributed by atoms with Crippen molar-refractivity contribution in [3.63, 3.8) is 0 Å². The number of fused-ring (bicyclic) bond motifs is 7. The Morgan fingerprint density at radius 3 is 2.10 bits per heavy atom. The van der Waals surface area contributed by atoms with Crippen molar-refractivity contribution in [1.29, 1.82) is 0 Å². The van der Waals surface area contributed by atoms with E-state index in [0.717, 1.165) is 41.9 Å². The minimum Gasteiger partial charge on any atom is -0.393 e. The maximum Gasteiger partial charge on any atom is 0.0594 e. The maximum atomic E-state index is 10.8. The Bertz CT molecular complexity index is 722. The van der Waals surface area contributed by atoms with Crippen LogP contribution in [0.2, 0.25) is 0 Å². The van der Waals surface area contributed by atoms with E-state index in [0.29, 0.717) is 16.2 Å². The second-order valence-electron chi connectivity index (χ2n) is 14.0. The molecule has 0 radical (unpaired) electrons. The van der Waals surface area contributed by atoms with Gasteiger partial charge in [0, 0.05) is 0 Å². The van der Waals surface area contributed by atoms with E-state index in [1.54, 1.807) is 0 Å². The summed E-state index contributed by atoms with van der Waals surface area (Å²) in [6.45, 7) is 19.6. The molecule has 0 aromatic heterocycles. The Morgan fingerprint density at radius 1 is 0.733 bits per heavy atom. The summed E-state index contributed by atoms with van der Waals surface area (Å²) in [5.41, 5.74) is 3.10. The molecule has 0 amide bonds. The first-order chi connectivity index (χ1) is 14.0. The maximum absolute atomic E-state index is 10.8. The highest BCUT2D eigenvalue weighted by atomic mass is 16.3. The van der Waals surface area contributed by atoms with E-state index in [-0.39, 0.29) is 11.5 Å². The van der Waals surface area contributed by atoms with Crippen molar-refractivity contribution in [2.75, 3.05) is 0 Å². The highest BCUT2D eigenvalue weighted by Crippen LogP contribution is 2.75. The quantitative estimate of drug-likeness (QED) is 0.439. The van der Waals surface area contributed by atoms with Gasteiger partial charge in [-0.3, -0.25) is 0 Å². The largest absolute Gasteiger partial charge is 0.393 e. The van der Waals surface area contributed by atoms with E-state index < -0.39 is 0 Å². The van der Waals surface area contributed by atoms with Crippen molar-refractivity contribution in [2.24, 2.45) is 57.2 Å². The van der Waals surface area contributed by atoms with Crippen LogP contribution in [0.3, 0.4) is 0 Å². The van der Waals surface area contributed by atoms with E-state index in [4.69, 9.17) is 0 Å². The fourth-order valence-electron chi connectivity index (χ4n) is 10.8. The summed E-state index contributed by atoms with van der Waals surface area (Å²) in [6.07, 6.45) is 13.5. The van der Waals surface area contributed by atoms with Gasteiger partial charge in [-0.15, -0.1) is 0 Å². The third kappa shape index (κ3) is 2.57. The van der Waals surface area contributed by atoms with Crippen molar-refractivity contribution >= 4 is 0 Å². The first kappa shape index (κ1) is 21.5. The highest BCUT2D eigenvalue weighted by molar-refractivity contribution is 5.19. The van der Waals surface area contributed by atoms with Crippen LogP contribution in [0.5, 0.6) is 0 Å². The van der Waals surface area contributed by atoms with Gasteiger partial charge in [0.25, 0.3) is 0 Å². The summed E-state index contributed by atoms with van der Waals surface area (Å²) in [6, 6.07) is 0. The summed E-state index contributed by atoms with van der Waals surface area (Å²) < 4.78 is 0. The monoisotopic (exact) mass is 412 g/mol. The molecule has 5 rings (SSSR count). The van der Waals surface area contributed by atoms with Crippen molar-refractivity contribution in [2.45, 2.75) is 112 Å². The Morgan fingerprint density at radius 2 is 1.40 bits per heavy atom. The zero-order valence-electron chi connectivity index (χ0n) is 20.8. The Labute approximate surface area is 186 Å². The fraction of sp³-hybridized carbons (Fsp3) is 0.931. The Balaban J connectivity index is 1.51. The van der Waals surface area contributed by atoms with E-state index in [2.05, 4.69) is 48.1 Å². The molecule has 1 heteroatoms. The summed E-state index contributed by atoms with van der Waals surface area (Å²) in [5, 5.41) is 10.8. The lowest BCUT2D eigenvalue weighted by Crippen LogP contribution is -2.63. The lowest BCUT2D eigenvalue weighted by molar-refractivity contribution is -0.217. The molecule has 0 unspecified atom stereocenters. The molecule has 0 aromatic carbocycles. The van der Waals surface area contributed by atoms with Gasteiger partial charge in [-0.25, -0.2) is 0 Å². The molecule has 0 spiro atoms. The Kier molecular flexibility index (Phi) is 4.75. The van der Waals surface area contributed by atoms with Gasteiger partial charge in [0.15, 0.2) is 0 Å². The predicted molar refractivity (Wildman–Crippen MR) is 126 cm³/mol. The first-order valence-electron chi connectivity index (χ1n) is 13.3. The minimum absolute atomic E-state index is 0.0970. The van der Waals surface area contributed by atoms with Crippen LogP contribution in [0.4, 0.5) is 0 Å². The van der Waals surface area contributed by atoms with Gasteiger partial charge >= 0.3 is 0 Å². The average Bonchev–Trinajstić information content (AvgIpc) is 3.03. The highest BCUT2D eigenvalue weighted by Gasteiger charge is 2.67. The first-order valence-corrected chi connectivity index (χ1v) is 13.3. The molecule has 170 valence electrons. The van der Waals surface area contributed by atoms with Crippen molar-refractivity contribution in [1.82, 2.24) is 0 Å². The van der Waals surface area contributed by atoms with Gasteiger partial charge in [-0.2, -0.15) is 0 Å². The van der Waals surface area contributed by atoms with Crippen LogP contribution in [0.25, 0.3) is 0 Å². The Hall–Kier alpha value is -0.300. The molecule has 10 atom stereocenters. The molecule has 0 bridgehead atoms. The van der Waals surface area contributed by atoms with Crippen molar-refractivity contribution in [3.05, 3.63) is 12.2 Å². The number of aliphatic hydroxyl groups is 1. The standard InChI is InChI=1S/C29H48O/c1-18(2)19-12-14-27(5)16-17-29(7)23(25(19)27)10-9-22-20-8-11-24(30)26(3,4)21(20)13-15-28(22,29)6/h19-25,30H,1,8-17H2,2-7H3/t19-,20-,21-,22+,23-,24-,25+,27-,28-,29+/m1/s1. The van der Waals surface area contributed by atoms with Crippen molar-refractivity contribution in [3.8, 4) is 0 Å². The van der Waals surface area contributed by atoms with Gasteiger partial charge in [0.1, 0.15) is 0 Å². The molecule has 5 saturated carbocycles. The van der Waals surface area contributed by atoms with Crippen LogP contribution >= 0.6 is 0 Å². The van der Waals surface area contributed by atoms with Gasteiger partial charge in [0.05, 0.1) is 6.10 Å². The second kappa shape index (κ2) is 6.61. The molecule has 5 aliphatic carbocycles. The van der Waals surface area contributed by atoms with Crippen LogP contribution in [-0.2, 0) is 0 Å². The fourth-order valence-corrected chi connectivity index (χ4v) is 10.8. The van der Waals surface area contributed by atoms with Crippen LogP contribution < -0.4 is 0 Å². The van der Waals surface area contributed by atoms with E-state index >= 15 is 0 Å². The van der Waals surface area contributed by atoms with Crippen LogP contribution in [0, 0.1) is 57.2 Å². The van der Waals surface area contributed by atoms with Gasteiger partial charge < -0.3 is 5.11 Å². The summed E-state index contributed by atoms with van der Waals surface area (Å²) in [4.78, 5) is 0. The summed E-state index contributed by atoms with van der Waals surface area (Å²) in [5.74, 6) is 4.96. The molecule has 0 aromatic rings. The lowest BCUT2D eigenvalue weighted by Gasteiger charge is -2.70. The summed E-state index contributed by atoms with van der Waals surface area (Å²) in [7, 11) is 0. The normalized spacial score (nSPS) is 57.0. The summed E-state index contributed by atoms with van der Waals surface area (Å²) >= 11 is 0. The van der Waals surface area contributed by atoms with E-state index in [1.807, 2.05) is 0 Å². The molecule has 0 heterocycles. The zero-order chi connectivity index (χ0) is 21.7. The van der Waals surface area contributed by atoms with Gasteiger partial charge in [-0.05, 0) is 128 Å².